The van der Waals surface area contributed by atoms with Crippen molar-refractivity contribution in [2.24, 2.45) is 0 Å². The van der Waals surface area contributed by atoms with Crippen molar-refractivity contribution < 1.29 is 22.7 Å². The van der Waals surface area contributed by atoms with Crippen molar-refractivity contribution in [3.05, 3.63) is 94.5 Å². The molecular formula is C29H34BrN3O5S. The summed E-state index contributed by atoms with van der Waals surface area (Å²) in [5.74, 6) is -0.493. The number of ether oxygens (including phenoxy) is 1. The Morgan fingerprint density at radius 1 is 0.949 bits per heavy atom. The molecule has 0 radical (unpaired) electrons. The van der Waals surface area contributed by atoms with Crippen LogP contribution in [0.25, 0.3) is 0 Å². The molecule has 3 aromatic carbocycles. The van der Waals surface area contributed by atoms with Crippen LogP contribution in [0.4, 0.5) is 5.69 Å². The molecule has 0 bridgehead atoms. The Bertz CT molecular complexity index is 1350. The number of sulfonamides is 1. The third-order valence-corrected chi connectivity index (χ3v) is 7.77. The predicted molar refractivity (Wildman–Crippen MR) is 157 cm³/mol. The molecule has 10 heteroatoms. The molecule has 0 spiro atoms. The van der Waals surface area contributed by atoms with E-state index in [1.165, 1.54) is 12.0 Å². The minimum Gasteiger partial charge on any atom is -0.495 e. The molecule has 1 atom stereocenters. The summed E-state index contributed by atoms with van der Waals surface area (Å²) in [6.07, 6.45) is 2.05. The SMILES string of the molecule is CCCNC(=O)[C@@H](Cc1ccccc1)N(Cc1ccc(Br)cc1)C(=O)CN(c1ccccc1OC)S(C)(=O)=O. The molecule has 0 aliphatic rings. The van der Waals surface area contributed by atoms with Crippen molar-refractivity contribution in [2.45, 2.75) is 32.4 Å². The Kier molecular flexibility index (Phi) is 10.9. The topological polar surface area (TPSA) is 96.0 Å². The molecule has 2 amide bonds. The molecule has 0 aromatic heterocycles. The highest BCUT2D eigenvalue weighted by atomic mass is 79.9. The van der Waals surface area contributed by atoms with E-state index < -0.39 is 28.5 Å². The van der Waals surface area contributed by atoms with Gasteiger partial charge in [-0.15, -0.1) is 0 Å². The fraction of sp³-hybridized carbons (Fsp3) is 0.310. The number of para-hydroxylation sites is 2. The first kappa shape index (κ1) is 30.2. The fourth-order valence-corrected chi connectivity index (χ4v) is 5.25. The average molecular weight is 617 g/mol. The van der Waals surface area contributed by atoms with Crippen molar-refractivity contribution in [3.63, 3.8) is 0 Å². The van der Waals surface area contributed by atoms with E-state index in [4.69, 9.17) is 4.74 Å². The number of anilines is 1. The Labute approximate surface area is 239 Å². The maximum absolute atomic E-state index is 14.0. The zero-order chi connectivity index (χ0) is 28.4. The van der Waals surface area contributed by atoms with E-state index in [0.717, 1.165) is 32.6 Å². The molecule has 0 aliphatic carbocycles. The number of carbonyl (C=O) groups is 2. The van der Waals surface area contributed by atoms with Crippen molar-refractivity contribution in [2.75, 3.05) is 30.8 Å². The van der Waals surface area contributed by atoms with E-state index in [2.05, 4.69) is 21.2 Å². The molecule has 8 nitrogen and oxygen atoms in total. The highest BCUT2D eigenvalue weighted by Gasteiger charge is 2.33. The van der Waals surface area contributed by atoms with Crippen LogP contribution in [0.2, 0.25) is 0 Å². The zero-order valence-corrected chi connectivity index (χ0v) is 24.7. The van der Waals surface area contributed by atoms with Gasteiger partial charge in [-0.3, -0.25) is 13.9 Å². The standard InChI is InChI=1S/C29H34BrN3O5S/c1-4-18-31-29(35)26(19-22-10-6-5-7-11-22)32(20-23-14-16-24(30)17-15-23)28(34)21-33(39(3,36)37)25-12-8-9-13-27(25)38-2/h5-17,26H,4,18-21H2,1-3H3,(H,31,35)/t26-/m1/s1. The van der Waals surface area contributed by atoms with Crippen LogP contribution in [-0.2, 0) is 32.6 Å². The number of rotatable bonds is 13. The molecule has 39 heavy (non-hydrogen) atoms. The van der Waals surface area contributed by atoms with Crippen LogP contribution in [0.5, 0.6) is 5.75 Å². The normalized spacial score (nSPS) is 11.9. The molecule has 0 unspecified atom stereocenters. The molecular weight excluding hydrogens is 582 g/mol. The Hall–Kier alpha value is -3.37. The molecule has 0 aliphatic heterocycles. The lowest BCUT2D eigenvalue weighted by molar-refractivity contribution is -0.140. The van der Waals surface area contributed by atoms with Gasteiger partial charge in [-0.25, -0.2) is 8.42 Å². The van der Waals surface area contributed by atoms with Gasteiger partial charge < -0.3 is 15.0 Å². The van der Waals surface area contributed by atoms with Crippen LogP contribution in [0, 0.1) is 0 Å². The van der Waals surface area contributed by atoms with Gasteiger partial charge in [-0.2, -0.15) is 0 Å². The summed E-state index contributed by atoms with van der Waals surface area (Å²) in [4.78, 5) is 29.0. The molecule has 0 fully saturated rings. The van der Waals surface area contributed by atoms with Crippen LogP contribution in [0.1, 0.15) is 24.5 Å². The quantitative estimate of drug-likeness (QED) is 0.308. The maximum Gasteiger partial charge on any atom is 0.244 e. The minimum absolute atomic E-state index is 0.118. The number of hydrogen-bond acceptors (Lipinski definition) is 5. The van der Waals surface area contributed by atoms with Gasteiger partial charge >= 0.3 is 0 Å². The summed E-state index contributed by atoms with van der Waals surface area (Å²) in [7, 11) is -2.44. The van der Waals surface area contributed by atoms with Crippen LogP contribution >= 0.6 is 15.9 Å². The van der Waals surface area contributed by atoms with Crippen LogP contribution in [-0.4, -0.2) is 57.6 Å². The highest BCUT2D eigenvalue weighted by molar-refractivity contribution is 9.10. The largest absolute Gasteiger partial charge is 0.495 e. The van der Waals surface area contributed by atoms with Crippen molar-refractivity contribution in [1.29, 1.82) is 0 Å². The number of nitrogens with one attached hydrogen (secondary N) is 1. The van der Waals surface area contributed by atoms with Crippen LogP contribution in [0.3, 0.4) is 0 Å². The van der Waals surface area contributed by atoms with Gasteiger partial charge in [0.25, 0.3) is 0 Å². The van der Waals surface area contributed by atoms with Crippen LogP contribution < -0.4 is 14.4 Å². The van der Waals surface area contributed by atoms with E-state index >= 15 is 0 Å². The lowest BCUT2D eigenvalue weighted by Crippen LogP contribution is -2.53. The van der Waals surface area contributed by atoms with Gasteiger partial charge in [0, 0.05) is 24.0 Å². The zero-order valence-electron chi connectivity index (χ0n) is 22.3. The van der Waals surface area contributed by atoms with Crippen molar-refractivity contribution in [1.82, 2.24) is 10.2 Å². The number of nitrogens with zero attached hydrogens (tertiary/aromatic N) is 2. The van der Waals surface area contributed by atoms with E-state index in [0.29, 0.717) is 12.3 Å². The summed E-state index contributed by atoms with van der Waals surface area (Å²) in [5, 5.41) is 2.92. The van der Waals surface area contributed by atoms with E-state index in [-0.39, 0.29) is 24.6 Å². The Balaban J connectivity index is 2.05. The fourth-order valence-electron chi connectivity index (χ4n) is 4.14. The smallest absolute Gasteiger partial charge is 0.244 e. The van der Waals surface area contributed by atoms with Crippen molar-refractivity contribution >= 4 is 43.5 Å². The molecule has 0 saturated carbocycles. The minimum atomic E-state index is -3.88. The number of methoxy groups -OCH3 is 1. The second kappa shape index (κ2) is 14.1. The van der Waals surface area contributed by atoms with Gasteiger partial charge in [0.05, 0.1) is 19.1 Å². The number of amides is 2. The van der Waals surface area contributed by atoms with Gasteiger partial charge in [-0.1, -0.05) is 77.5 Å². The Morgan fingerprint density at radius 2 is 1.59 bits per heavy atom. The third kappa shape index (κ3) is 8.56. The van der Waals surface area contributed by atoms with Gasteiger partial charge in [0.15, 0.2) is 0 Å². The number of carbonyl (C=O) groups excluding carboxylic acids is 2. The summed E-state index contributed by atoms with van der Waals surface area (Å²) < 4.78 is 33.1. The van der Waals surface area contributed by atoms with E-state index in [1.807, 2.05) is 61.5 Å². The monoisotopic (exact) mass is 615 g/mol. The second-order valence-electron chi connectivity index (χ2n) is 9.09. The first-order chi connectivity index (χ1) is 18.6. The van der Waals surface area contributed by atoms with Crippen molar-refractivity contribution in [3.8, 4) is 5.75 Å². The molecule has 1 N–H and O–H groups in total. The van der Waals surface area contributed by atoms with Gasteiger partial charge in [0.2, 0.25) is 21.8 Å². The number of hydrogen-bond donors (Lipinski definition) is 1. The lowest BCUT2D eigenvalue weighted by Gasteiger charge is -2.33. The number of benzene rings is 3. The maximum atomic E-state index is 14.0. The third-order valence-electron chi connectivity index (χ3n) is 6.12. The van der Waals surface area contributed by atoms with E-state index in [1.54, 1.807) is 24.3 Å². The summed E-state index contributed by atoms with van der Waals surface area (Å²) >= 11 is 3.43. The van der Waals surface area contributed by atoms with Gasteiger partial charge in [0.1, 0.15) is 18.3 Å². The summed E-state index contributed by atoms with van der Waals surface area (Å²) in [6.45, 7) is 2.03. The number of halogens is 1. The molecule has 0 saturated heterocycles. The molecule has 3 rings (SSSR count). The first-order valence-electron chi connectivity index (χ1n) is 12.6. The van der Waals surface area contributed by atoms with Crippen LogP contribution in [0.15, 0.2) is 83.3 Å². The summed E-state index contributed by atoms with van der Waals surface area (Å²) in [6, 6.07) is 22.6. The predicted octanol–water partition coefficient (Wildman–Crippen LogP) is 4.39. The molecule has 208 valence electrons. The second-order valence-corrected chi connectivity index (χ2v) is 11.9. The van der Waals surface area contributed by atoms with E-state index in [9.17, 15) is 18.0 Å². The summed E-state index contributed by atoms with van der Waals surface area (Å²) in [5.41, 5.74) is 1.93. The highest BCUT2D eigenvalue weighted by Crippen LogP contribution is 2.30. The lowest BCUT2D eigenvalue weighted by atomic mass is 10.0. The average Bonchev–Trinajstić information content (AvgIpc) is 2.93. The first-order valence-corrected chi connectivity index (χ1v) is 15.2. The van der Waals surface area contributed by atoms with Gasteiger partial charge in [-0.05, 0) is 41.8 Å². The molecule has 3 aromatic rings. The molecule has 0 heterocycles. The Morgan fingerprint density at radius 3 is 2.21 bits per heavy atom.